The van der Waals surface area contributed by atoms with E-state index in [0.717, 1.165) is 61.9 Å². The van der Waals surface area contributed by atoms with Crippen molar-refractivity contribution in [3.63, 3.8) is 0 Å². The first-order chi connectivity index (χ1) is 12.4. The number of fused-ring (bicyclic) bond motifs is 1. The smallest absolute Gasteiger partial charge is 0.161 e. The van der Waals surface area contributed by atoms with Crippen LogP contribution in [0.2, 0.25) is 0 Å². The molecule has 7 heteroatoms. The van der Waals surface area contributed by atoms with Crippen molar-refractivity contribution < 1.29 is 14.2 Å². The molecule has 0 spiro atoms. The van der Waals surface area contributed by atoms with Crippen LogP contribution in [0.15, 0.2) is 17.1 Å². The predicted molar refractivity (Wildman–Crippen MR) is 122 cm³/mol. The number of benzene rings is 1. The predicted octanol–water partition coefficient (Wildman–Crippen LogP) is 4.42. The fourth-order valence-corrected chi connectivity index (χ4v) is 3.46. The highest BCUT2D eigenvalue weighted by atomic mass is 35.5. The number of nitrogens with zero attached hydrogens (tertiary/aromatic N) is 2. The molecule has 1 aliphatic heterocycles. The molecule has 1 heterocycles. The van der Waals surface area contributed by atoms with E-state index in [9.17, 15) is 0 Å². The van der Waals surface area contributed by atoms with Crippen molar-refractivity contribution in [2.45, 2.75) is 46.1 Å². The van der Waals surface area contributed by atoms with Crippen LogP contribution >= 0.6 is 24.8 Å². The quantitative estimate of drug-likeness (QED) is 0.511. The minimum absolute atomic E-state index is 0. The second kappa shape index (κ2) is 12.5. The average molecular weight is 435 g/mol. The molecule has 28 heavy (non-hydrogen) atoms. The zero-order valence-electron chi connectivity index (χ0n) is 18.0. The van der Waals surface area contributed by atoms with E-state index in [-0.39, 0.29) is 30.4 Å². The number of ether oxygens (including phenoxy) is 3. The molecule has 0 unspecified atom stereocenters. The van der Waals surface area contributed by atoms with E-state index in [1.807, 2.05) is 0 Å². The van der Waals surface area contributed by atoms with Crippen molar-refractivity contribution in [3.8, 4) is 11.5 Å². The lowest BCUT2D eigenvalue weighted by Gasteiger charge is -2.30. The van der Waals surface area contributed by atoms with E-state index in [4.69, 9.17) is 19.2 Å². The molecule has 0 radical (unpaired) electrons. The maximum absolute atomic E-state index is 5.88. The first-order valence-electron chi connectivity index (χ1n) is 9.58. The normalized spacial score (nSPS) is 14.5. The Labute approximate surface area is 182 Å². The molecule has 0 atom stereocenters. The molecule has 0 saturated carbocycles. The molecule has 0 aromatic heterocycles. The Balaban J connectivity index is 0.00000364. The second-order valence-electron chi connectivity index (χ2n) is 7.30. The van der Waals surface area contributed by atoms with Gasteiger partial charge < -0.3 is 19.1 Å². The summed E-state index contributed by atoms with van der Waals surface area (Å²) in [7, 11) is 3.35. The number of halogens is 2. The van der Waals surface area contributed by atoms with Gasteiger partial charge in [-0.25, -0.2) is 0 Å². The van der Waals surface area contributed by atoms with Crippen LogP contribution in [-0.4, -0.2) is 63.2 Å². The molecule has 5 nitrogen and oxygen atoms in total. The summed E-state index contributed by atoms with van der Waals surface area (Å²) >= 11 is 0. The fourth-order valence-electron chi connectivity index (χ4n) is 3.46. The van der Waals surface area contributed by atoms with Crippen LogP contribution in [0.1, 0.15) is 45.2 Å². The summed E-state index contributed by atoms with van der Waals surface area (Å²) in [6.07, 6.45) is 1.71. The number of hydrogen-bond acceptors (Lipinski definition) is 5. The highest BCUT2D eigenvalue weighted by molar-refractivity contribution is 6.03. The summed E-state index contributed by atoms with van der Waals surface area (Å²) in [4.78, 5) is 7.35. The van der Waals surface area contributed by atoms with Gasteiger partial charge in [0.2, 0.25) is 0 Å². The van der Waals surface area contributed by atoms with E-state index < -0.39 is 0 Å². The van der Waals surface area contributed by atoms with Gasteiger partial charge in [-0.2, -0.15) is 0 Å². The summed E-state index contributed by atoms with van der Waals surface area (Å²) in [5.41, 5.74) is 3.42. The minimum atomic E-state index is -0.108. The first-order valence-corrected chi connectivity index (χ1v) is 9.58. The van der Waals surface area contributed by atoms with E-state index in [2.05, 4.69) is 44.7 Å². The average Bonchev–Trinajstić information content (AvgIpc) is 2.62. The Hall–Kier alpha value is -1.01. The molecule has 0 fully saturated rings. The topological polar surface area (TPSA) is 43.3 Å². The van der Waals surface area contributed by atoms with Gasteiger partial charge in [0.15, 0.2) is 11.5 Å². The maximum Gasteiger partial charge on any atom is 0.161 e. The molecule has 0 aliphatic carbocycles. The molecule has 2 rings (SSSR count). The third-order valence-corrected chi connectivity index (χ3v) is 4.91. The van der Waals surface area contributed by atoms with Gasteiger partial charge in [0.1, 0.15) is 0 Å². The highest BCUT2D eigenvalue weighted by Gasteiger charge is 2.28. The number of rotatable bonds is 10. The SMILES string of the molecule is CCN(CC)CCOCCC1=NC(C)(C)Cc2cc(OC)c(OC)cc21.Cl.Cl. The van der Waals surface area contributed by atoms with Gasteiger partial charge in [-0.15, -0.1) is 24.8 Å². The zero-order valence-corrected chi connectivity index (χ0v) is 19.7. The standard InChI is InChI=1S/C21H34N2O3.2ClH/c1-7-23(8-2)10-12-26-11-9-18-17-14-20(25-6)19(24-5)13-16(17)15-21(3,4)22-18;;/h13-14H,7-12,15H2,1-6H3;2*1H. The van der Waals surface area contributed by atoms with Crippen LogP contribution < -0.4 is 9.47 Å². The Bertz CT molecular complexity index is 632. The van der Waals surface area contributed by atoms with Crippen LogP contribution in [0.3, 0.4) is 0 Å². The second-order valence-corrected chi connectivity index (χ2v) is 7.30. The van der Waals surface area contributed by atoms with Gasteiger partial charge in [-0.3, -0.25) is 4.99 Å². The summed E-state index contributed by atoms with van der Waals surface area (Å²) in [5.74, 6) is 1.53. The number of aliphatic imine (C=N–C) groups is 1. The third-order valence-electron chi connectivity index (χ3n) is 4.91. The van der Waals surface area contributed by atoms with Crippen molar-refractivity contribution in [3.05, 3.63) is 23.3 Å². The monoisotopic (exact) mass is 434 g/mol. The highest BCUT2D eigenvalue weighted by Crippen LogP contribution is 2.36. The van der Waals surface area contributed by atoms with Gasteiger partial charge >= 0.3 is 0 Å². The van der Waals surface area contributed by atoms with Crippen molar-refractivity contribution in [1.82, 2.24) is 4.90 Å². The fraction of sp³-hybridized carbons (Fsp3) is 0.667. The summed E-state index contributed by atoms with van der Waals surface area (Å²) < 4.78 is 16.8. The van der Waals surface area contributed by atoms with Crippen molar-refractivity contribution in [1.29, 1.82) is 0 Å². The third kappa shape index (κ3) is 7.11. The molecule has 0 bridgehead atoms. The van der Waals surface area contributed by atoms with Gasteiger partial charge in [0, 0.05) is 24.2 Å². The maximum atomic E-state index is 5.88. The Morgan fingerprint density at radius 3 is 2.18 bits per heavy atom. The molecule has 1 aromatic rings. The number of hydrogen-bond donors (Lipinski definition) is 0. The van der Waals surface area contributed by atoms with Crippen LogP contribution in [0, 0.1) is 0 Å². The Morgan fingerprint density at radius 1 is 1.00 bits per heavy atom. The summed E-state index contributed by atoms with van der Waals surface area (Å²) in [6, 6.07) is 4.14. The van der Waals surface area contributed by atoms with Gasteiger partial charge in [-0.1, -0.05) is 13.8 Å². The van der Waals surface area contributed by atoms with E-state index in [0.29, 0.717) is 6.61 Å². The molecular weight excluding hydrogens is 399 g/mol. The van der Waals surface area contributed by atoms with Crippen molar-refractivity contribution in [2.24, 2.45) is 4.99 Å². The molecule has 1 aliphatic rings. The molecule has 0 amide bonds. The molecular formula is C21H36Cl2N2O3. The zero-order chi connectivity index (χ0) is 19.2. The molecule has 0 saturated heterocycles. The molecule has 162 valence electrons. The molecule has 0 N–H and O–H groups in total. The lowest BCUT2D eigenvalue weighted by atomic mass is 9.86. The largest absolute Gasteiger partial charge is 0.493 e. The first kappa shape index (κ1) is 27.0. The van der Waals surface area contributed by atoms with Gasteiger partial charge in [-0.05, 0) is 51.1 Å². The van der Waals surface area contributed by atoms with Crippen LogP contribution in [0.4, 0.5) is 0 Å². The van der Waals surface area contributed by atoms with E-state index in [1.165, 1.54) is 5.56 Å². The lowest BCUT2D eigenvalue weighted by molar-refractivity contribution is 0.112. The van der Waals surface area contributed by atoms with Crippen molar-refractivity contribution in [2.75, 3.05) is 47.1 Å². The van der Waals surface area contributed by atoms with Gasteiger partial charge in [0.25, 0.3) is 0 Å². The van der Waals surface area contributed by atoms with E-state index in [1.54, 1.807) is 14.2 Å². The Kier molecular flexibility index (Phi) is 12.1. The van der Waals surface area contributed by atoms with Crippen molar-refractivity contribution >= 4 is 30.5 Å². The number of methoxy groups -OCH3 is 2. The summed E-state index contributed by atoms with van der Waals surface area (Å²) in [6.45, 7) is 13.3. The van der Waals surface area contributed by atoms with E-state index >= 15 is 0 Å². The lowest BCUT2D eigenvalue weighted by Crippen LogP contribution is -2.30. The minimum Gasteiger partial charge on any atom is -0.493 e. The van der Waals surface area contributed by atoms with Crippen LogP contribution in [0.25, 0.3) is 0 Å². The summed E-state index contributed by atoms with van der Waals surface area (Å²) in [5, 5.41) is 0. The van der Waals surface area contributed by atoms with Gasteiger partial charge in [0.05, 0.1) is 33.0 Å². The van der Waals surface area contributed by atoms with Crippen LogP contribution in [0.5, 0.6) is 11.5 Å². The number of likely N-dealkylation sites (N-methyl/N-ethyl adjacent to an activating group) is 1. The molecule has 1 aromatic carbocycles. The Morgan fingerprint density at radius 2 is 1.61 bits per heavy atom. The van der Waals surface area contributed by atoms with Crippen LogP contribution in [-0.2, 0) is 11.2 Å².